The molecule has 2 rings (SSSR count). The minimum atomic E-state index is -0.999. The third kappa shape index (κ3) is 3.86. The summed E-state index contributed by atoms with van der Waals surface area (Å²) in [5.41, 5.74) is 0.694. The zero-order chi connectivity index (χ0) is 13.7. The molecule has 0 atom stereocenters. The highest BCUT2D eigenvalue weighted by molar-refractivity contribution is 6.30. The van der Waals surface area contributed by atoms with Crippen molar-refractivity contribution in [3.63, 3.8) is 0 Å². The van der Waals surface area contributed by atoms with E-state index < -0.39 is 5.97 Å². The number of ether oxygens (including phenoxy) is 1. The first-order chi connectivity index (χ1) is 9.15. The largest absolute Gasteiger partial charge is 0.478 e. The van der Waals surface area contributed by atoms with Crippen LogP contribution in [0.3, 0.4) is 0 Å². The van der Waals surface area contributed by atoms with Gasteiger partial charge < -0.3 is 9.84 Å². The molecule has 3 nitrogen and oxygen atoms in total. The van der Waals surface area contributed by atoms with Crippen molar-refractivity contribution in [2.75, 3.05) is 0 Å². The van der Waals surface area contributed by atoms with E-state index in [1.165, 1.54) is 6.08 Å². The van der Waals surface area contributed by atoms with Crippen molar-refractivity contribution in [2.24, 2.45) is 0 Å². The normalized spacial score (nSPS) is 10.6. The van der Waals surface area contributed by atoms with Gasteiger partial charge in [0.1, 0.15) is 11.5 Å². The third-order valence-corrected chi connectivity index (χ3v) is 2.62. The first-order valence-corrected chi connectivity index (χ1v) is 5.96. The number of carboxylic acid groups (broad SMARTS) is 1. The molecule has 0 heterocycles. The van der Waals surface area contributed by atoms with Gasteiger partial charge in [0.25, 0.3) is 0 Å². The lowest BCUT2D eigenvalue weighted by atomic mass is 10.2. The van der Waals surface area contributed by atoms with E-state index in [-0.39, 0.29) is 0 Å². The highest BCUT2D eigenvalue weighted by Gasteiger charge is 2.02. The Morgan fingerprint density at radius 2 is 1.79 bits per heavy atom. The van der Waals surface area contributed by atoms with Crippen LogP contribution < -0.4 is 4.74 Å². The van der Waals surface area contributed by atoms with Crippen molar-refractivity contribution in [1.82, 2.24) is 0 Å². The summed E-state index contributed by atoms with van der Waals surface area (Å²) in [7, 11) is 0. The lowest BCUT2D eigenvalue weighted by Crippen LogP contribution is -1.89. The van der Waals surface area contributed by atoms with Gasteiger partial charge in [-0.15, -0.1) is 0 Å². The molecule has 0 aromatic heterocycles. The maximum Gasteiger partial charge on any atom is 0.328 e. The molecule has 0 amide bonds. The molecule has 0 spiro atoms. The third-order valence-electron chi connectivity index (χ3n) is 2.37. The number of halogens is 1. The molecule has 2 aromatic rings. The standard InChI is InChI=1S/C15H11ClO3/c16-12-6-8-13(9-7-12)19-14-4-2-1-3-11(14)5-10-15(17)18/h1-10H,(H,17,18)/b10-5+. The second-order valence-electron chi connectivity index (χ2n) is 3.77. The van der Waals surface area contributed by atoms with Crippen molar-refractivity contribution in [2.45, 2.75) is 0 Å². The number of benzene rings is 2. The van der Waals surface area contributed by atoms with Gasteiger partial charge in [-0.05, 0) is 36.4 Å². The summed E-state index contributed by atoms with van der Waals surface area (Å²) in [6.07, 6.45) is 2.57. The molecule has 0 saturated heterocycles. The van der Waals surface area contributed by atoms with Crippen LogP contribution in [0.15, 0.2) is 54.6 Å². The molecule has 0 bridgehead atoms. The molecule has 0 aliphatic rings. The van der Waals surface area contributed by atoms with Crippen LogP contribution in [0.25, 0.3) is 6.08 Å². The molecular formula is C15H11ClO3. The number of carbonyl (C=O) groups is 1. The van der Waals surface area contributed by atoms with Crippen molar-refractivity contribution in [3.05, 3.63) is 65.2 Å². The van der Waals surface area contributed by atoms with Crippen molar-refractivity contribution < 1.29 is 14.6 Å². The fourth-order valence-electron chi connectivity index (χ4n) is 1.50. The first-order valence-electron chi connectivity index (χ1n) is 5.58. The van der Waals surface area contributed by atoms with Gasteiger partial charge in [0.15, 0.2) is 0 Å². The Bertz CT molecular complexity index is 603. The first kappa shape index (κ1) is 13.2. The van der Waals surface area contributed by atoms with Crippen LogP contribution in [0, 0.1) is 0 Å². The molecular weight excluding hydrogens is 264 g/mol. The summed E-state index contributed by atoms with van der Waals surface area (Å²) in [6, 6.07) is 14.2. The lowest BCUT2D eigenvalue weighted by Gasteiger charge is -2.08. The highest BCUT2D eigenvalue weighted by atomic mass is 35.5. The summed E-state index contributed by atoms with van der Waals surface area (Å²) in [5.74, 6) is 0.226. The summed E-state index contributed by atoms with van der Waals surface area (Å²) in [4.78, 5) is 10.5. The van der Waals surface area contributed by atoms with Crippen LogP contribution in [-0.4, -0.2) is 11.1 Å². The summed E-state index contributed by atoms with van der Waals surface area (Å²) in [6.45, 7) is 0. The highest BCUT2D eigenvalue weighted by Crippen LogP contribution is 2.27. The van der Waals surface area contributed by atoms with Gasteiger partial charge in [-0.3, -0.25) is 0 Å². The van der Waals surface area contributed by atoms with Crippen LogP contribution in [0.4, 0.5) is 0 Å². The fraction of sp³-hybridized carbons (Fsp3) is 0. The number of carboxylic acids is 1. The maximum atomic E-state index is 10.5. The Hall–Kier alpha value is -2.26. The number of hydrogen-bond donors (Lipinski definition) is 1. The maximum absolute atomic E-state index is 10.5. The predicted molar refractivity (Wildman–Crippen MR) is 74.6 cm³/mol. The molecule has 0 fully saturated rings. The number of rotatable bonds is 4. The number of aliphatic carboxylic acids is 1. The zero-order valence-corrected chi connectivity index (χ0v) is 10.7. The van der Waals surface area contributed by atoms with Crippen LogP contribution in [0.5, 0.6) is 11.5 Å². The van der Waals surface area contributed by atoms with E-state index in [4.69, 9.17) is 21.4 Å². The van der Waals surface area contributed by atoms with Crippen molar-refractivity contribution >= 4 is 23.6 Å². The van der Waals surface area contributed by atoms with Crippen LogP contribution in [0.1, 0.15) is 5.56 Å². The van der Waals surface area contributed by atoms with Crippen molar-refractivity contribution in [3.8, 4) is 11.5 Å². The van der Waals surface area contributed by atoms with E-state index in [2.05, 4.69) is 0 Å². The van der Waals surface area contributed by atoms with E-state index in [0.29, 0.717) is 22.1 Å². The van der Waals surface area contributed by atoms with Gasteiger partial charge in [-0.2, -0.15) is 0 Å². The van der Waals surface area contributed by atoms with Crippen LogP contribution in [0.2, 0.25) is 5.02 Å². The van der Waals surface area contributed by atoms with Gasteiger partial charge in [-0.1, -0.05) is 29.8 Å². The Morgan fingerprint density at radius 3 is 2.47 bits per heavy atom. The number of para-hydroxylation sites is 1. The Balaban J connectivity index is 2.24. The summed E-state index contributed by atoms with van der Waals surface area (Å²) >= 11 is 5.80. The zero-order valence-electron chi connectivity index (χ0n) is 9.92. The summed E-state index contributed by atoms with van der Waals surface area (Å²) in [5, 5.41) is 9.27. The van der Waals surface area contributed by atoms with Gasteiger partial charge in [0, 0.05) is 16.7 Å². The number of hydrogen-bond acceptors (Lipinski definition) is 2. The SMILES string of the molecule is O=C(O)/C=C/c1ccccc1Oc1ccc(Cl)cc1. The quantitative estimate of drug-likeness (QED) is 0.849. The van der Waals surface area contributed by atoms with Gasteiger partial charge in [-0.25, -0.2) is 4.79 Å². The average molecular weight is 275 g/mol. The Kier molecular flexibility index (Phi) is 4.21. The van der Waals surface area contributed by atoms with Gasteiger partial charge >= 0.3 is 5.97 Å². The molecule has 0 aliphatic heterocycles. The summed E-state index contributed by atoms with van der Waals surface area (Å²) < 4.78 is 5.69. The molecule has 0 unspecified atom stereocenters. The van der Waals surface area contributed by atoms with E-state index in [1.54, 1.807) is 36.4 Å². The smallest absolute Gasteiger partial charge is 0.328 e. The monoisotopic (exact) mass is 274 g/mol. The van der Waals surface area contributed by atoms with E-state index >= 15 is 0 Å². The van der Waals surface area contributed by atoms with Crippen LogP contribution in [-0.2, 0) is 4.79 Å². The van der Waals surface area contributed by atoms with Crippen LogP contribution >= 0.6 is 11.6 Å². The Labute approximate surface area is 115 Å². The molecule has 96 valence electrons. The van der Waals surface area contributed by atoms with Gasteiger partial charge in [0.2, 0.25) is 0 Å². The minimum absolute atomic E-state index is 0.585. The topological polar surface area (TPSA) is 46.5 Å². The average Bonchev–Trinajstić information content (AvgIpc) is 2.40. The predicted octanol–water partition coefficient (Wildman–Crippen LogP) is 4.23. The molecule has 0 aliphatic carbocycles. The van der Waals surface area contributed by atoms with Crippen molar-refractivity contribution in [1.29, 1.82) is 0 Å². The van der Waals surface area contributed by atoms with E-state index in [0.717, 1.165) is 6.08 Å². The van der Waals surface area contributed by atoms with E-state index in [9.17, 15) is 4.79 Å². The molecule has 19 heavy (non-hydrogen) atoms. The molecule has 0 saturated carbocycles. The Morgan fingerprint density at radius 1 is 1.11 bits per heavy atom. The lowest BCUT2D eigenvalue weighted by molar-refractivity contribution is -0.131. The molecule has 4 heteroatoms. The second kappa shape index (κ2) is 6.07. The minimum Gasteiger partial charge on any atom is -0.478 e. The molecule has 2 aromatic carbocycles. The molecule has 0 radical (unpaired) electrons. The fourth-order valence-corrected chi connectivity index (χ4v) is 1.63. The van der Waals surface area contributed by atoms with E-state index in [1.807, 2.05) is 12.1 Å². The molecule has 1 N–H and O–H groups in total. The second-order valence-corrected chi connectivity index (χ2v) is 4.20. The van der Waals surface area contributed by atoms with Gasteiger partial charge in [0.05, 0.1) is 0 Å².